The van der Waals surface area contributed by atoms with Gasteiger partial charge in [-0.1, -0.05) is 22.0 Å². The van der Waals surface area contributed by atoms with Crippen LogP contribution in [0.25, 0.3) is 6.08 Å². The molecular formula is C7H6Br2O. The molecule has 0 aliphatic carbocycles. The molecule has 1 aromatic rings. The summed E-state index contributed by atoms with van der Waals surface area (Å²) in [4.78, 5) is 0. The van der Waals surface area contributed by atoms with Crippen molar-refractivity contribution in [3.8, 4) is 0 Å². The summed E-state index contributed by atoms with van der Waals surface area (Å²) in [6.07, 6.45) is 5.54. The summed E-state index contributed by atoms with van der Waals surface area (Å²) in [5.41, 5.74) is 0. The smallest absolute Gasteiger partial charge is 0.140 e. The number of allylic oxidation sites excluding steroid dienone is 1. The van der Waals surface area contributed by atoms with E-state index in [1.54, 1.807) is 6.26 Å². The maximum Gasteiger partial charge on any atom is 0.140 e. The first-order valence-corrected chi connectivity index (χ1v) is 4.71. The average molecular weight is 266 g/mol. The van der Waals surface area contributed by atoms with Gasteiger partial charge in [-0.3, -0.25) is 0 Å². The highest BCUT2D eigenvalue weighted by Gasteiger charge is 1.95. The second-order valence-corrected chi connectivity index (χ2v) is 3.19. The highest BCUT2D eigenvalue weighted by molar-refractivity contribution is 9.10. The van der Waals surface area contributed by atoms with E-state index in [9.17, 15) is 0 Å². The molecule has 0 aliphatic heterocycles. The molecule has 3 heteroatoms. The van der Waals surface area contributed by atoms with Crippen molar-refractivity contribution in [3.05, 3.63) is 28.6 Å². The van der Waals surface area contributed by atoms with E-state index in [4.69, 9.17) is 4.42 Å². The summed E-state index contributed by atoms with van der Waals surface area (Å²) >= 11 is 6.61. The number of halogens is 2. The molecule has 54 valence electrons. The van der Waals surface area contributed by atoms with Gasteiger partial charge in [0.05, 0.1) is 10.7 Å². The predicted octanol–water partition coefficient (Wildman–Crippen LogP) is 3.45. The molecule has 1 aromatic heterocycles. The van der Waals surface area contributed by atoms with Gasteiger partial charge in [0.1, 0.15) is 5.76 Å². The summed E-state index contributed by atoms with van der Waals surface area (Å²) in [7, 11) is 0. The standard InChI is InChI=1S/C7H6Br2O/c8-4-1-2-7-6(9)3-5-10-7/h1-3,5H,4H2. The van der Waals surface area contributed by atoms with Crippen LogP contribution >= 0.6 is 31.9 Å². The van der Waals surface area contributed by atoms with Crippen molar-refractivity contribution < 1.29 is 4.42 Å². The van der Waals surface area contributed by atoms with Gasteiger partial charge in [0.25, 0.3) is 0 Å². The van der Waals surface area contributed by atoms with Crippen molar-refractivity contribution in [2.24, 2.45) is 0 Å². The molecule has 0 saturated heterocycles. The quantitative estimate of drug-likeness (QED) is 0.747. The summed E-state index contributed by atoms with van der Waals surface area (Å²) in [5.74, 6) is 0.861. The molecule has 0 fully saturated rings. The van der Waals surface area contributed by atoms with E-state index < -0.39 is 0 Å². The van der Waals surface area contributed by atoms with Gasteiger partial charge >= 0.3 is 0 Å². The summed E-state index contributed by atoms with van der Waals surface area (Å²) in [6, 6.07) is 1.87. The molecule has 10 heavy (non-hydrogen) atoms. The number of alkyl halides is 1. The van der Waals surface area contributed by atoms with Gasteiger partial charge in [-0.15, -0.1) is 0 Å². The maximum absolute atomic E-state index is 5.11. The van der Waals surface area contributed by atoms with Crippen molar-refractivity contribution in [2.45, 2.75) is 0 Å². The Morgan fingerprint density at radius 3 is 2.90 bits per heavy atom. The molecule has 0 N–H and O–H groups in total. The highest BCUT2D eigenvalue weighted by Crippen LogP contribution is 2.18. The minimum absolute atomic E-state index is 0.847. The SMILES string of the molecule is BrCC=Cc1occc1Br. The molecule has 0 unspecified atom stereocenters. The van der Waals surface area contributed by atoms with Crippen LogP contribution in [0, 0.1) is 0 Å². The third-order valence-corrected chi connectivity index (χ3v) is 2.03. The van der Waals surface area contributed by atoms with Gasteiger partial charge in [-0.05, 0) is 28.1 Å². The first-order chi connectivity index (χ1) is 4.84. The zero-order valence-corrected chi connectivity index (χ0v) is 8.35. The number of furan rings is 1. The predicted molar refractivity (Wildman–Crippen MR) is 49.2 cm³/mol. The summed E-state index contributed by atoms with van der Waals surface area (Å²) in [6.45, 7) is 0. The monoisotopic (exact) mass is 264 g/mol. The van der Waals surface area contributed by atoms with Crippen LogP contribution in [0.4, 0.5) is 0 Å². The van der Waals surface area contributed by atoms with E-state index >= 15 is 0 Å². The zero-order chi connectivity index (χ0) is 7.40. The molecule has 1 rings (SSSR count). The zero-order valence-electron chi connectivity index (χ0n) is 5.18. The van der Waals surface area contributed by atoms with Crippen LogP contribution in [0.3, 0.4) is 0 Å². The maximum atomic E-state index is 5.11. The van der Waals surface area contributed by atoms with Crippen LogP contribution < -0.4 is 0 Å². The molecule has 0 radical (unpaired) electrons. The van der Waals surface area contributed by atoms with E-state index in [0.29, 0.717) is 0 Å². The van der Waals surface area contributed by atoms with Crippen molar-refractivity contribution in [3.63, 3.8) is 0 Å². The average Bonchev–Trinajstić information content (AvgIpc) is 2.31. The van der Waals surface area contributed by atoms with E-state index in [-0.39, 0.29) is 0 Å². The number of hydrogen-bond donors (Lipinski definition) is 0. The largest absolute Gasteiger partial charge is 0.464 e. The molecule has 0 spiro atoms. The van der Waals surface area contributed by atoms with Crippen molar-refractivity contribution in [1.82, 2.24) is 0 Å². The molecule has 0 aliphatic rings. The lowest BCUT2D eigenvalue weighted by Crippen LogP contribution is -1.64. The Hall–Kier alpha value is -0.0200. The Labute approximate surface area is 76.4 Å². The molecule has 0 bridgehead atoms. The molecule has 1 nitrogen and oxygen atoms in total. The Bertz CT molecular complexity index is 227. The number of hydrogen-bond acceptors (Lipinski definition) is 1. The molecule has 0 amide bonds. The Kier molecular flexibility index (Phi) is 3.22. The molecule has 1 heterocycles. The van der Waals surface area contributed by atoms with E-state index in [2.05, 4.69) is 31.9 Å². The van der Waals surface area contributed by atoms with Crippen LogP contribution in [0.1, 0.15) is 5.76 Å². The lowest BCUT2D eigenvalue weighted by atomic mass is 10.4. The molecule has 0 atom stereocenters. The van der Waals surface area contributed by atoms with Crippen molar-refractivity contribution in [1.29, 1.82) is 0 Å². The second-order valence-electron chi connectivity index (χ2n) is 1.69. The van der Waals surface area contributed by atoms with Gasteiger partial charge in [0, 0.05) is 5.33 Å². The molecule has 0 saturated carbocycles. The van der Waals surface area contributed by atoms with Crippen LogP contribution in [0.15, 0.2) is 27.3 Å². The Morgan fingerprint density at radius 1 is 1.60 bits per heavy atom. The van der Waals surface area contributed by atoms with Gasteiger partial charge in [-0.25, -0.2) is 0 Å². The first-order valence-electron chi connectivity index (χ1n) is 2.80. The van der Waals surface area contributed by atoms with Gasteiger partial charge in [0.15, 0.2) is 0 Å². The first kappa shape index (κ1) is 8.08. The summed E-state index contributed by atoms with van der Waals surface area (Å²) in [5, 5.41) is 0.847. The third kappa shape index (κ3) is 1.99. The van der Waals surface area contributed by atoms with Crippen LogP contribution in [-0.2, 0) is 0 Å². The fourth-order valence-corrected chi connectivity index (χ4v) is 1.10. The molecular weight excluding hydrogens is 260 g/mol. The fourth-order valence-electron chi connectivity index (χ4n) is 0.576. The van der Waals surface area contributed by atoms with Crippen LogP contribution in [-0.4, -0.2) is 5.33 Å². The summed E-state index contributed by atoms with van der Waals surface area (Å²) < 4.78 is 6.10. The minimum Gasteiger partial charge on any atom is -0.464 e. The fraction of sp³-hybridized carbons (Fsp3) is 0.143. The van der Waals surface area contributed by atoms with Crippen LogP contribution in [0.2, 0.25) is 0 Å². The minimum atomic E-state index is 0.847. The Morgan fingerprint density at radius 2 is 2.40 bits per heavy atom. The van der Waals surface area contributed by atoms with Crippen molar-refractivity contribution >= 4 is 37.9 Å². The van der Waals surface area contributed by atoms with E-state index in [1.165, 1.54) is 0 Å². The Balaban J connectivity index is 2.74. The lowest BCUT2D eigenvalue weighted by molar-refractivity contribution is 0.555. The highest BCUT2D eigenvalue weighted by atomic mass is 79.9. The topological polar surface area (TPSA) is 13.1 Å². The van der Waals surface area contributed by atoms with E-state index in [1.807, 2.05) is 18.2 Å². The van der Waals surface area contributed by atoms with Gasteiger partial charge in [0.2, 0.25) is 0 Å². The second kappa shape index (κ2) is 3.98. The van der Waals surface area contributed by atoms with Crippen LogP contribution in [0.5, 0.6) is 0 Å². The molecule has 0 aromatic carbocycles. The normalized spacial score (nSPS) is 11.0. The van der Waals surface area contributed by atoms with Gasteiger partial charge in [-0.2, -0.15) is 0 Å². The number of rotatable bonds is 2. The van der Waals surface area contributed by atoms with Crippen molar-refractivity contribution in [2.75, 3.05) is 5.33 Å². The third-order valence-electron chi connectivity index (χ3n) is 1.00. The van der Waals surface area contributed by atoms with Gasteiger partial charge < -0.3 is 4.42 Å². The lowest BCUT2D eigenvalue weighted by Gasteiger charge is -1.83. The van der Waals surface area contributed by atoms with E-state index in [0.717, 1.165) is 15.6 Å².